The number of hydrogen-bond acceptors (Lipinski definition) is 4. The molecule has 6 heteroatoms. The summed E-state index contributed by atoms with van der Waals surface area (Å²) in [5.41, 5.74) is 0.0932. The lowest BCUT2D eigenvalue weighted by Crippen LogP contribution is -2.32. The van der Waals surface area contributed by atoms with E-state index in [0.29, 0.717) is 18.7 Å². The summed E-state index contributed by atoms with van der Waals surface area (Å²) in [6.07, 6.45) is 1.38. The second kappa shape index (κ2) is 7.91. The van der Waals surface area contributed by atoms with Crippen LogP contribution in [0.3, 0.4) is 0 Å². The molecular weight excluding hydrogens is 263 g/mol. The zero-order valence-electron chi connectivity index (χ0n) is 11.8. The first-order chi connectivity index (χ1) is 9.49. The number of nitro benzene ring substituents is 1. The van der Waals surface area contributed by atoms with E-state index in [2.05, 4.69) is 5.32 Å². The minimum Gasteiger partial charge on any atom is -0.392 e. The molecule has 0 spiro atoms. The molecule has 0 aromatic heterocycles. The third kappa shape index (κ3) is 4.54. The number of halogens is 1. The number of hydrogen-bond donors (Lipinski definition) is 2. The van der Waals surface area contributed by atoms with E-state index in [1.165, 1.54) is 6.07 Å². The maximum Gasteiger partial charge on any atom is 0.304 e. The Hall–Kier alpha value is -1.53. The van der Waals surface area contributed by atoms with Crippen LogP contribution in [0.1, 0.15) is 32.3 Å². The largest absolute Gasteiger partial charge is 0.392 e. The van der Waals surface area contributed by atoms with E-state index in [1.807, 2.05) is 13.8 Å². The normalized spacial score (nSPS) is 12.7. The van der Waals surface area contributed by atoms with E-state index in [-0.39, 0.29) is 5.92 Å². The van der Waals surface area contributed by atoms with Crippen molar-refractivity contribution in [3.05, 3.63) is 39.7 Å². The first kappa shape index (κ1) is 16.5. The summed E-state index contributed by atoms with van der Waals surface area (Å²) in [6, 6.07) is 3.82. The molecule has 0 saturated heterocycles. The Morgan fingerprint density at radius 1 is 1.40 bits per heavy atom. The van der Waals surface area contributed by atoms with Crippen LogP contribution in [0, 0.1) is 21.8 Å². The summed E-state index contributed by atoms with van der Waals surface area (Å²) < 4.78 is 13.4. The molecule has 0 amide bonds. The maximum absolute atomic E-state index is 13.4. The monoisotopic (exact) mass is 284 g/mol. The Labute approximate surface area is 118 Å². The number of aliphatic hydroxyl groups excluding tert-OH is 1. The Morgan fingerprint density at radius 2 is 2.05 bits per heavy atom. The van der Waals surface area contributed by atoms with Crippen molar-refractivity contribution >= 4 is 5.69 Å². The van der Waals surface area contributed by atoms with Gasteiger partial charge >= 0.3 is 5.69 Å². The second-order valence-corrected chi connectivity index (χ2v) is 4.82. The zero-order chi connectivity index (χ0) is 15.1. The van der Waals surface area contributed by atoms with E-state index >= 15 is 0 Å². The Kier molecular flexibility index (Phi) is 6.54. The molecule has 1 unspecified atom stereocenters. The van der Waals surface area contributed by atoms with Gasteiger partial charge in [-0.3, -0.25) is 10.1 Å². The van der Waals surface area contributed by atoms with Gasteiger partial charge in [0.25, 0.3) is 0 Å². The van der Waals surface area contributed by atoms with Crippen molar-refractivity contribution in [3.8, 4) is 0 Å². The van der Waals surface area contributed by atoms with Crippen molar-refractivity contribution in [1.82, 2.24) is 5.32 Å². The van der Waals surface area contributed by atoms with E-state index in [9.17, 15) is 19.6 Å². The zero-order valence-corrected chi connectivity index (χ0v) is 11.8. The van der Waals surface area contributed by atoms with Crippen LogP contribution in [0.4, 0.5) is 10.1 Å². The van der Waals surface area contributed by atoms with Crippen LogP contribution >= 0.6 is 0 Å². The van der Waals surface area contributed by atoms with Gasteiger partial charge in [0.05, 0.1) is 11.0 Å². The molecule has 0 bridgehead atoms. The lowest BCUT2D eigenvalue weighted by atomic mass is 9.96. The topological polar surface area (TPSA) is 75.4 Å². The minimum absolute atomic E-state index is 0.246. The lowest BCUT2D eigenvalue weighted by molar-refractivity contribution is -0.387. The van der Waals surface area contributed by atoms with Crippen LogP contribution in [0.25, 0.3) is 0 Å². The molecule has 0 radical (unpaired) electrons. The van der Waals surface area contributed by atoms with Crippen molar-refractivity contribution in [3.63, 3.8) is 0 Å². The molecule has 0 fully saturated rings. The van der Waals surface area contributed by atoms with Gasteiger partial charge in [0.2, 0.25) is 5.82 Å². The Bertz CT molecular complexity index is 450. The van der Waals surface area contributed by atoms with Gasteiger partial charge in [-0.05, 0) is 17.5 Å². The molecule has 0 saturated carbocycles. The predicted molar refractivity (Wildman–Crippen MR) is 74.8 cm³/mol. The fourth-order valence-electron chi connectivity index (χ4n) is 2.17. The third-order valence-electron chi connectivity index (χ3n) is 3.48. The molecule has 0 aliphatic carbocycles. The SMILES string of the molecule is CCC(CC)C(O)CNCc1ccc([N+](=O)[O-])c(F)c1. The number of aliphatic hydroxyl groups is 1. The van der Waals surface area contributed by atoms with Gasteiger partial charge in [-0.2, -0.15) is 4.39 Å². The molecule has 0 aliphatic rings. The van der Waals surface area contributed by atoms with Crippen LogP contribution in [0.15, 0.2) is 18.2 Å². The van der Waals surface area contributed by atoms with Crippen LogP contribution in [0.2, 0.25) is 0 Å². The van der Waals surface area contributed by atoms with Gasteiger partial charge in [0, 0.05) is 19.2 Å². The van der Waals surface area contributed by atoms with E-state index < -0.39 is 22.5 Å². The van der Waals surface area contributed by atoms with Crippen LogP contribution in [-0.4, -0.2) is 22.7 Å². The number of nitro groups is 1. The van der Waals surface area contributed by atoms with Crippen LogP contribution in [-0.2, 0) is 6.54 Å². The Morgan fingerprint density at radius 3 is 2.55 bits per heavy atom. The van der Waals surface area contributed by atoms with Gasteiger partial charge < -0.3 is 10.4 Å². The van der Waals surface area contributed by atoms with Gasteiger partial charge in [0.1, 0.15) is 0 Å². The highest BCUT2D eigenvalue weighted by Crippen LogP contribution is 2.18. The Balaban J connectivity index is 2.50. The van der Waals surface area contributed by atoms with Crippen molar-refractivity contribution < 1.29 is 14.4 Å². The summed E-state index contributed by atoms with van der Waals surface area (Å²) in [6.45, 7) is 4.85. The summed E-state index contributed by atoms with van der Waals surface area (Å²) in [5.74, 6) is -0.592. The van der Waals surface area contributed by atoms with Crippen molar-refractivity contribution in [1.29, 1.82) is 0 Å². The van der Waals surface area contributed by atoms with Crippen molar-refractivity contribution in [2.75, 3.05) is 6.54 Å². The smallest absolute Gasteiger partial charge is 0.304 e. The van der Waals surface area contributed by atoms with Crippen molar-refractivity contribution in [2.45, 2.75) is 39.3 Å². The van der Waals surface area contributed by atoms with Crippen LogP contribution in [0.5, 0.6) is 0 Å². The number of nitrogens with one attached hydrogen (secondary N) is 1. The van der Waals surface area contributed by atoms with Gasteiger partial charge in [-0.25, -0.2) is 0 Å². The maximum atomic E-state index is 13.4. The molecule has 112 valence electrons. The fraction of sp³-hybridized carbons (Fsp3) is 0.571. The summed E-state index contributed by atoms with van der Waals surface area (Å²) in [7, 11) is 0. The molecule has 1 aromatic carbocycles. The average Bonchev–Trinajstić information content (AvgIpc) is 2.39. The summed E-state index contributed by atoms with van der Waals surface area (Å²) in [5, 5.41) is 23.5. The highest BCUT2D eigenvalue weighted by Gasteiger charge is 2.16. The molecule has 0 heterocycles. The highest BCUT2D eigenvalue weighted by atomic mass is 19.1. The molecule has 5 nitrogen and oxygen atoms in total. The molecular formula is C14H21FN2O3. The number of rotatable bonds is 8. The average molecular weight is 284 g/mol. The first-order valence-electron chi connectivity index (χ1n) is 6.81. The summed E-state index contributed by atoms with van der Waals surface area (Å²) >= 11 is 0. The molecule has 1 atom stereocenters. The highest BCUT2D eigenvalue weighted by molar-refractivity contribution is 5.34. The van der Waals surface area contributed by atoms with E-state index in [0.717, 1.165) is 25.0 Å². The standard InChI is InChI=1S/C14H21FN2O3/c1-3-11(4-2)14(18)9-16-8-10-5-6-13(17(19)20)12(15)7-10/h5-7,11,14,16,18H,3-4,8-9H2,1-2H3. The first-order valence-corrected chi connectivity index (χ1v) is 6.81. The van der Waals surface area contributed by atoms with Crippen LogP contribution < -0.4 is 5.32 Å². The van der Waals surface area contributed by atoms with Crippen molar-refractivity contribution in [2.24, 2.45) is 5.92 Å². The molecule has 1 rings (SSSR count). The van der Waals surface area contributed by atoms with E-state index in [1.54, 1.807) is 0 Å². The predicted octanol–water partition coefficient (Wildman–Crippen LogP) is 2.62. The van der Waals surface area contributed by atoms with E-state index in [4.69, 9.17) is 0 Å². The van der Waals surface area contributed by atoms with Gasteiger partial charge in [-0.1, -0.05) is 32.8 Å². The molecule has 1 aromatic rings. The lowest BCUT2D eigenvalue weighted by Gasteiger charge is -2.20. The molecule has 0 aliphatic heterocycles. The fourth-order valence-corrected chi connectivity index (χ4v) is 2.17. The minimum atomic E-state index is -0.838. The number of benzene rings is 1. The second-order valence-electron chi connectivity index (χ2n) is 4.82. The quantitative estimate of drug-likeness (QED) is 0.568. The molecule has 2 N–H and O–H groups in total. The number of nitrogens with zero attached hydrogens (tertiary/aromatic N) is 1. The molecule has 20 heavy (non-hydrogen) atoms. The van der Waals surface area contributed by atoms with Gasteiger partial charge in [-0.15, -0.1) is 0 Å². The van der Waals surface area contributed by atoms with Gasteiger partial charge in [0.15, 0.2) is 0 Å². The summed E-state index contributed by atoms with van der Waals surface area (Å²) in [4.78, 5) is 9.75. The third-order valence-corrected chi connectivity index (χ3v) is 3.48.